The lowest BCUT2D eigenvalue weighted by molar-refractivity contribution is 0.0983. The van der Waals surface area contributed by atoms with Crippen molar-refractivity contribution >= 4 is 27.7 Å². The molecule has 1 aliphatic rings. The van der Waals surface area contributed by atoms with Crippen molar-refractivity contribution in [1.82, 2.24) is 9.88 Å². The number of nitrogens with zero attached hydrogens (tertiary/aromatic N) is 2. The van der Waals surface area contributed by atoms with E-state index in [1.165, 1.54) is 0 Å². The van der Waals surface area contributed by atoms with Gasteiger partial charge in [-0.25, -0.2) is 9.78 Å². The number of piperidine rings is 1. The van der Waals surface area contributed by atoms with E-state index in [4.69, 9.17) is 4.74 Å². The summed E-state index contributed by atoms with van der Waals surface area (Å²) < 4.78 is 5.86. The maximum absolute atomic E-state index is 11.6. The first kappa shape index (κ1) is 15.1. The third-order valence-corrected chi connectivity index (χ3v) is 3.87. The van der Waals surface area contributed by atoms with Gasteiger partial charge in [0.25, 0.3) is 0 Å². The molecule has 0 bridgehead atoms. The highest BCUT2D eigenvalue weighted by atomic mass is 79.9. The SMILES string of the molecule is CCOC(=O)N1CCC(Nc2ccc(Br)nc2C)CC1. The third-order valence-electron chi connectivity index (χ3n) is 3.43. The Kier molecular flexibility index (Phi) is 5.23. The van der Waals surface area contributed by atoms with E-state index in [1.54, 1.807) is 4.90 Å². The Bertz CT molecular complexity index is 473. The van der Waals surface area contributed by atoms with Crippen LogP contribution in [0.15, 0.2) is 16.7 Å². The van der Waals surface area contributed by atoms with Gasteiger partial charge in [0.1, 0.15) is 4.60 Å². The number of anilines is 1. The van der Waals surface area contributed by atoms with Gasteiger partial charge in [-0.3, -0.25) is 0 Å². The zero-order chi connectivity index (χ0) is 14.5. The molecule has 1 N–H and O–H groups in total. The van der Waals surface area contributed by atoms with Crippen molar-refractivity contribution in [2.75, 3.05) is 25.0 Å². The molecule has 1 fully saturated rings. The third kappa shape index (κ3) is 3.85. The molecule has 2 heterocycles. The summed E-state index contributed by atoms with van der Waals surface area (Å²) in [5, 5.41) is 3.51. The Labute approximate surface area is 127 Å². The minimum atomic E-state index is -0.201. The van der Waals surface area contributed by atoms with E-state index in [0.29, 0.717) is 12.6 Å². The van der Waals surface area contributed by atoms with Gasteiger partial charge in [-0.1, -0.05) is 0 Å². The summed E-state index contributed by atoms with van der Waals surface area (Å²) in [5.74, 6) is 0. The number of hydrogen-bond acceptors (Lipinski definition) is 4. The number of nitrogens with one attached hydrogen (secondary N) is 1. The van der Waals surface area contributed by atoms with Crippen molar-refractivity contribution in [1.29, 1.82) is 0 Å². The number of amides is 1. The van der Waals surface area contributed by atoms with Gasteiger partial charge in [0.2, 0.25) is 0 Å². The molecule has 0 spiro atoms. The van der Waals surface area contributed by atoms with Crippen molar-refractivity contribution in [2.45, 2.75) is 32.7 Å². The van der Waals surface area contributed by atoms with Crippen LogP contribution in [0.25, 0.3) is 0 Å². The molecule has 0 radical (unpaired) electrons. The molecule has 0 saturated carbocycles. The highest BCUT2D eigenvalue weighted by molar-refractivity contribution is 9.10. The number of aromatic nitrogens is 1. The number of hydrogen-bond donors (Lipinski definition) is 1. The summed E-state index contributed by atoms with van der Waals surface area (Å²) in [6.07, 6.45) is 1.65. The lowest BCUT2D eigenvalue weighted by Crippen LogP contribution is -2.42. The quantitative estimate of drug-likeness (QED) is 0.858. The van der Waals surface area contributed by atoms with Gasteiger partial charge >= 0.3 is 6.09 Å². The average Bonchev–Trinajstić information content (AvgIpc) is 2.43. The van der Waals surface area contributed by atoms with Crippen LogP contribution in [0.2, 0.25) is 0 Å². The van der Waals surface area contributed by atoms with Gasteiger partial charge in [-0.15, -0.1) is 0 Å². The topological polar surface area (TPSA) is 54.5 Å². The minimum absolute atomic E-state index is 0.201. The Morgan fingerprint density at radius 2 is 2.20 bits per heavy atom. The molecule has 110 valence electrons. The average molecular weight is 342 g/mol. The standard InChI is InChI=1S/C14H20BrN3O2/c1-3-20-14(19)18-8-6-11(7-9-18)17-12-4-5-13(15)16-10(12)2/h4-5,11,17H,3,6-9H2,1-2H3. The zero-order valence-electron chi connectivity index (χ0n) is 11.9. The van der Waals surface area contributed by atoms with E-state index in [-0.39, 0.29) is 6.09 Å². The van der Waals surface area contributed by atoms with Crippen LogP contribution < -0.4 is 5.32 Å². The molecular weight excluding hydrogens is 322 g/mol. The smallest absolute Gasteiger partial charge is 0.409 e. The molecule has 20 heavy (non-hydrogen) atoms. The summed E-state index contributed by atoms with van der Waals surface area (Å²) in [4.78, 5) is 17.8. The van der Waals surface area contributed by atoms with Crippen molar-refractivity contribution in [3.8, 4) is 0 Å². The van der Waals surface area contributed by atoms with E-state index in [2.05, 4.69) is 26.2 Å². The number of rotatable bonds is 3. The second kappa shape index (κ2) is 6.92. The second-order valence-corrected chi connectivity index (χ2v) is 5.68. The molecule has 0 aromatic carbocycles. The Morgan fingerprint density at radius 3 is 2.80 bits per heavy atom. The van der Waals surface area contributed by atoms with Crippen LogP contribution in [0.4, 0.5) is 10.5 Å². The fourth-order valence-corrected chi connectivity index (χ4v) is 2.72. The fraction of sp³-hybridized carbons (Fsp3) is 0.571. The summed E-state index contributed by atoms with van der Waals surface area (Å²) in [5.41, 5.74) is 2.04. The van der Waals surface area contributed by atoms with Crippen molar-refractivity contribution in [3.63, 3.8) is 0 Å². The number of aryl methyl sites for hydroxylation is 1. The lowest BCUT2D eigenvalue weighted by atomic mass is 10.0. The molecule has 1 amide bonds. The summed E-state index contributed by atoms with van der Waals surface area (Å²) in [6.45, 7) is 5.72. The Balaban J connectivity index is 1.86. The Hall–Kier alpha value is -1.30. The molecule has 5 nitrogen and oxygen atoms in total. The van der Waals surface area contributed by atoms with E-state index in [9.17, 15) is 4.79 Å². The number of carbonyl (C=O) groups excluding carboxylic acids is 1. The lowest BCUT2D eigenvalue weighted by Gasteiger charge is -2.32. The number of ether oxygens (including phenoxy) is 1. The number of carbonyl (C=O) groups is 1. The zero-order valence-corrected chi connectivity index (χ0v) is 13.4. The van der Waals surface area contributed by atoms with Crippen LogP contribution in [0.5, 0.6) is 0 Å². The van der Waals surface area contributed by atoms with E-state index < -0.39 is 0 Å². The molecule has 0 aliphatic carbocycles. The molecule has 1 saturated heterocycles. The highest BCUT2D eigenvalue weighted by Gasteiger charge is 2.23. The maximum atomic E-state index is 11.6. The van der Waals surface area contributed by atoms with E-state index in [1.807, 2.05) is 26.0 Å². The van der Waals surface area contributed by atoms with Crippen LogP contribution in [-0.4, -0.2) is 41.7 Å². The number of pyridine rings is 1. The van der Waals surface area contributed by atoms with Crippen molar-refractivity contribution < 1.29 is 9.53 Å². The van der Waals surface area contributed by atoms with E-state index >= 15 is 0 Å². The molecular formula is C14H20BrN3O2. The Morgan fingerprint density at radius 1 is 1.50 bits per heavy atom. The second-order valence-electron chi connectivity index (χ2n) is 4.87. The first-order valence-electron chi connectivity index (χ1n) is 6.91. The molecule has 2 rings (SSSR count). The molecule has 0 atom stereocenters. The first-order chi connectivity index (χ1) is 9.60. The molecule has 1 aromatic rings. The first-order valence-corrected chi connectivity index (χ1v) is 7.71. The normalized spacial score (nSPS) is 16.1. The van der Waals surface area contributed by atoms with Crippen LogP contribution in [-0.2, 0) is 4.74 Å². The van der Waals surface area contributed by atoms with Crippen LogP contribution in [0.3, 0.4) is 0 Å². The van der Waals surface area contributed by atoms with Crippen LogP contribution in [0, 0.1) is 6.92 Å². The molecule has 6 heteroatoms. The molecule has 1 aliphatic heterocycles. The van der Waals surface area contributed by atoms with Crippen LogP contribution >= 0.6 is 15.9 Å². The van der Waals surface area contributed by atoms with Crippen molar-refractivity contribution in [3.05, 3.63) is 22.4 Å². The molecule has 1 aromatic heterocycles. The van der Waals surface area contributed by atoms with Gasteiger partial charge in [0.15, 0.2) is 0 Å². The predicted molar refractivity (Wildman–Crippen MR) is 81.9 cm³/mol. The number of likely N-dealkylation sites (tertiary alicyclic amines) is 1. The summed E-state index contributed by atoms with van der Waals surface area (Å²) in [7, 11) is 0. The monoisotopic (exact) mass is 341 g/mol. The van der Waals surface area contributed by atoms with Gasteiger partial charge in [0, 0.05) is 19.1 Å². The highest BCUT2D eigenvalue weighted by Crippen LogP contribution is 2.21. The van der Waals surface area contributed by atoms with Gasteiger partial charge < -0.3 is 15.0 Å². The van der Waals surface area contributed by atoms with Crippen molar-refractivity contribution in [2.24, 2.45) is 0 Å². The number of halogens is 1. The van der Waals surface area contributed by atoms with E-state index in [0.717, 1.165) is 41.9 Å². The summed E-state index contributed by atoms with van der Waals surface area (Å²) >= 11 is 3.36. The predicted octanol–water partition coefficient (Wildman–Crippen LogP) is 3.19. The molecule has 0 unspecified atom stereocenters. The van der Waals surface area contributed by atoms with Gasteiger partial charge in [-0.05, 0) is 54.8 Å². The maximum Gasteiger partial charge on any atom is 0.409 e. The minimum Gasteiger partial charge on any atom is -0.450 e. The van der Waals surface area contributed by atoms with Gasteiger partial charge in [-0.2, -0.15) is 0 Å². The fourth-order valence-electron chi connectivity index (χ4n) is 2.32. The summed E-state index contributed by atoms with van der Waals surface area (Å²) in [6, 6.07) is 4.34. The largest absolute Gasteiger partial charge is 0.450 e. The van der Waals surface area contributed by atoms with Crippen LogP contribution in [0.1, 0.15) is 25.5 Å². The van der Waals surface area contributed by atoms with Gasteiger partial charge in [0.05, 0.1) is 18.0 Å².